The van der Waals surface area contributed by atoms with Crippen molar-refractivity contribution in [3.05, 3.63) is 0 Å². The van der Waals surface area contributed by atoms with Crippen LogP contribution in [0.1, 0.15) is 38.5 Å². The summed E-state index contributed by atoms with van der Waals surface area (Å²) >= 11 is 4.08. The normalized spacial score (nSPS) is 14.0. The number of rotatable bonds is 18. The topological polar surface area (TPSA) is 284 Å². The van der Waals surface area contributed by atoms with Crippen LogP contribution in [0, 0.1) is 0 Å². The second-order valence-electron chi connectivity index (χ2n) is 7.71. The highest BCUT2D eigenvalue weighted by Gasteiger charge is 2.30. The summed E-state index contributed by atoms with van der Waals surface area (Å²) in [5.74, 6) is -4.88. The van der Waals surface area contributed by atoms with Gasteiger partial charge < -0.3 is 49.7 Å². The van der Waals surface area contributed by atoms with Crippen molar-refractivity contribution in [2.45, 2.75) is 62.7 Å². The first-order valence-corrected chi connectivity index (χ1v) is 11.6. The first-order valence-electron chi connectivity index (χ1n) is 11.0. The molecule has 4 atom stereocenters. The molecule has 0 spiro atoms. The van der Waals surface area contributed by atoms with Gasteiger partial charge in [0.2, 0.25) is 23.6 Å². The van der Waals surface area contributed by atoms with Crippen molar-refractivity contribution in [2.24, 2.45) is 33.7 Å². The molecule has 0 aliphatic carbocycles. The molecule has 0 aromatic heterocycles. The molecular weight excluding hydrogens is 482 g/mol. The minimum atomic E-state index is -1.59. The van der Waals surface area contributed by atoms with E-state index in [9.17, 15) is 29.1 Å². The van der Waals surface area contributed by atoms with E-state index in [0.29, 0.717) is 25.8 Å². The Kier molecular flexibility index (Phi) is 15.8. The molecule has 0 saturated heterocycles. The van der Waals surface area contributed by atoms with Gasteiger partial charge in [-0.15, -0.1) is 0 Å². The third-order valence-electron chi connectivity index (χ3n) is 4.72. The van der Waals surface area contributed by atoms with Gasteiger partial charge in [-0.25, -0.2) is 4.79 Å². The number of guanidine groups is 1. The van der Waals surface area contributed by atoms with E-state index >= 15 is 0 Å². The maximum absolute atomic E-state index is 12.8. The molecule has 4 amide bonds. The highest BCUT2D eigenvalue weighted by Crippen LogP contribution is 2.04. The molecule has 0 aromatic carbocycles. The lowest BCUT2D eigenvalue weighted by Crippen LogP contribution is -2.57. The molecule has 0 saturated carbocycles. The smallest absolute Gasteiger partial charge is 0.326 e. The number of carbonyl (C=O) groups excluding carboxylic acids is 4. The van der Waals surface area contributed by atoms with E-state index in [2.05, 4.69) is 33.6 Å². The number of carboxylic acids is 1. The number of carbonyl (C=O) groups is 5. The van der Waals surface area contributed by atoms with Crippen LogP contribution in [-0.2, 0) is 24.0 Å². The summed E-state index contributed by atoms with van der Waals surface area (Å²) in [7, 11) is 0. The maximum Gasteiger partial charge on any atom is 0.326 e. The molecule has 0 bridgehead atoms. The Balaban J connectivity index is 5.35. The summed E-state index contributed by atoms with van der Waals surface area (Å²) < 4.78 is 0. The molecule has 0 aliphatic heterocycles. The molecule has 35 heavy (non-hydrogen) atoms. The third-order valence-corrected chi connectivity index (χ3v) is 5.08. The molecule has 16 heteroatoms. The van der Waals surface area contributed by atoms with Crippen LogP contribution in [0.3, 0.4) is 0 Å². The number of hydrogen-bond donors (Lipinski definition) is 10. The van der Waals surface area contributed by atoms with Crippen LogP contribution in [0.2, 0.25) is 0 Å². The molecule has 200 valence electrons. The van der Waals surface area contributed by atoms with Crippen molar-refractivity contribution in [1.82, 2.24) is 16.0 Å². The first-order chi connectivity index (χ1) is 16.4. The Labute approximate surface area is 208 Å². The van der Waals surface area contributed by atoms with Crippen molar-refractivity contribution in [1.29, 1.82) is 0 Å². The van der Waals surface area contributed by atoms with E-state index in [1.165, 1.54) is 0 Å². The van der Waals surface area contributed by atoms with Crippen LogP contribution < -0.4 is 44.6 Å². The second kappa shape index (κ2) is 17.3. The molecule has 0 rings (SSSR count). The maximum atomic E-state index is 12.8. The highest BCUT2D eigenvalue weighted by molar-refractivity contribution is 7.80. The Bertz CT molecular complexity index is 763. The van der Waals surface area contributed by atoms with E-state index in [1.54, 1.807) is 0 Å². The van der Waals surface area contributed by atoms with Crippen LogP contribution in [0.5, 0.6) is 0 Å². The predicted molar refractivity (Wildman–Crippen MR) is 132 cm³/mol. The van der Waals surface area contributed by atoms with Crippen LogP contribution in [0.15, 0.2) is 4.99 Å². The van der Waals surface area contributed by atoms with Gasteiger partial charge in [-0.2, -0.15) is 12.6 Å². The summed E-state index contributed by atoms with van der Waals surface area (Å²) in [5, 5.41) is 16.3. The van der Waals surface area contributed by atoms with Crippen molar-refractivity contribution >= 4 is 48.2 Å². The fourth-order valence-electron chi connectivity index (χ4n) is 2.83. The van der Waals surface area contributed by atoms with Crippen LogP contribution >= 0.6 is 12.6 Å². The van der Waals surface area contributed by atoms with E-state index in [-0.39, 0.29) is 31.1 Å². The van der Waals surface area contributed by atoms with Gasteiger partial charge in [-0.3, -0.25) is 24.2 Å². The van der Waals surface area contributed by atoms with Gasteiger partial charge >= 0.3 is 5.97 Å². The van der Waals surface area contributed by atoms with Crippen molar-refractivity contribution in [2.75, 3.05) is 18.8 Å². The molecule has 14 N–H and O–H groups in total. The van der Waals surface area contributed by atoms with E-state index in [0.717, 1.165) is 0 Å². The SMILES string of the molecule is NCCCCC(N)C(=O)NC(CS)C(=O)NC(CCCN=C(N)N)C(=O)NC(CC(N)=O)C(=O)O. The third kappa shape index (κ3) is 14.0. The lowest BCUT2D eigenvalue weighted by atomic mass is 10.1. The van der Waals surface area contributed by atoms with Gasteiger partial charge in [-0.1, -0.05) is 6.42 Å². The lowest BCUT2D eigenvalue weighted by molar-refractivity contribution is -0.143. The summed E-state index contributed by atoms with van der Waals surface area (Å²) in [6.07, 6.45) is 1.32. The van der Waals surface area contributed by atoms with Gasteiger partial charge in [0.25, 0.3) is 0 Å². The number of nitrogens with one attached hydrogen (secondary N) is 3. The number of nitrogens with two attached hydrogens (primary N) is 5. The van der Waals surface area contributed by atoms with E-state index in [4.69, 9.17) is 28.7 Å². The Morgan fingerprint density at radius 2 is 1.40 bits per heavy atom. The number of amides is 4. The first kappa shape index (κ1) is 31.9. The number of hydrogen-bond acceptors (Lipinski definition) is 9. The van der Waals surface area contributed by atoms with Crippen LogP contribution in [0.25, 0.3) is 0 Å². The number of nitrogens with zero attached hydrogens (tertiary/aromatic N) is 1. The average molecular weight is 520 g/mol. The van der Waals surface area contributed by atoms with E-state index < -0.39 is 60.2 Å². The van der Waals surface area contributed by atoms with Crippen LogP contribution in [0.4, 0.5) is 0 Å². The monoisotopic (exact) mass is 519 g/mol. The Morgan fingerprint density at radius 1 is 0.829 bits per heavy atom. The van der Waals surface area contributed by atoms with Crippen LogP contribution in [-0.4, -0.2) is 83.7 Å². The van der Waals surface area contributed by atoms with Gasteiger partial charge in [0, 0.05) is 12.3 Å². The molecule has 0 aliphatic rings. The van der Waals surface area contributed by atoms with Crippen molar-refractivity contribution < 1.29 is 29.1 Å². The molecule has 15 nitrogen and oxygen atoms in total. The number of unbranched alkanes of at least 4 members (excludes halogenated alkanes) is 1. The zero-order valence-electron chi connectivity index (χ0n) is 19.4. The number of carboxylic acid groups (broad SMARTS) is 1. The van der Waals surface area contributed by atoms with Gasteiger partial charge in [0.15, 0.2) is 5.96 Å². The molecule has 0 fully saturated rings. The Hall–Kier alpha value is -3.11. The minimum absolute atomic E-state index is 0.0170. The molecule has 0 radical (unpaired) electrons. The summed E-state index contributed by atoms with van der Waals surface area (Å²) in [6.45, 7) is 0.598. The summed E-state index contributed by atoms with van der Waals surface area (Å²) in [6, 6.07) is -4.81. The van der Waals surface area contributed by atoms with E-state index in [1.807, 2.05) is 0 Å². The second-order valence-corrected chi connectivity index (χ2v) is 8.08. The number of primary amides is 1. The molecule has 0 aromatic rings. The fourth-order valence-corrected chi connectivity index (χ4v) is 3.09. The zero-order chi connectivity index (χ0) is 27.0. The number of thiol groups is 1. The standard InChI is InChI=1S/C19H37N9O6S/c20-6-2-1-4-10(21)15(30)28-13(9-35)17(32)26-11(5-3-7-25-19(23)24)16(31)27-12(18(33)34)8-14(22)29/h10-13,35H,1-9,20-21H2,(H2,22,29)(H,26,32)(H,27,31)(H,28,30)(H,33,34)(H4,23,24,25). The zero-order valence-corrected chi connectivity index (χ0v) is 20.3. The summed E-state index contributed by atoms with van der Waals surface area (Å²) in [5.41, 5.74) is 26.8. The average Bonchev–Trinajstić information content (AvgIpc) is 2.77. The number of aliphatic imine (C=N–C) groups is 1. The van der Waals surface area contributed by atoms with Gasteiger partial charge in [0.05, 0.1) is 12.5 Å². The highest BCUT2D eigenvalue weighted by atomic mass is 32.1. The van der Waals surface area contributed by atoms with Gasteiger partial charge in [-0.05, 0) is 32.2 Å². The predicted octanol–water partition coefficient (Wildman–Crippen LogP) is -4.16. The molecule has 4 unspecified atom stereocenters. The minimum Gasteiger partial charge on any atom is -0.480 e. The van der Waals surface area contributed by atoms with Crippen molar-refractivity contribution in [3.63, 3.8) is 0 Å². The van der Waals surface area contributed by atoms with Crippen molar-refractivity contribution in [3.8, 4) is 0 Å². The number of aliphatic carboxylic acids is 1. The quantitative estimate of drug-likeness (QED) is 0.0361. The lowest BCUT2D eigenvalue weighted by Gasteiger charge is -2.24. The van der Waals surface area contributed by atoms with Gasteiger partial charge in [0.1, 0.15) is 18.1 Å². The summed E-state index contributed by atoms with van der Waals surface area (Å²) in [4.78, 5) is 64.1. The molecular formula is C19H37N9O6S. The fraction of sp³-hybridized carbons (Fsp3) is 0.684. The molecule has 0 heterocycles. The Morgan fingerprint density at radius 3 is 1.91 bits per heavy atom. The largest absolute Gasteiger partial charge is 0.480 e.